The Morgan fingerprint density at radius 2 is 1.84 bits per heavy atom. The lowest BCUT2D eigenvalue weighted by atomic mass is 10.1. The van der Waals surface area contributed by atoms with Crippen molar-refractivity contribution in [2.45, 2.75) is 6.92 Å². The molecule has 0 saturated carbocycles. The summed E-state index contributed by atoms with van der Waals surface area (Å²) in [5, 5.41) is 13.8. The largest absolute Gasteiger partial charge is 0.508 e. The summed E-state index contributed by atoms with van der Waals surface area (Å²) in [6, 6.07) is 14.7. The van der Waals surface area contributed by atoms with E-state index >= 15 is 0 Å². The Balaban J connectivity index is 1.74. The van der Waals surface area contributed by atoms with E-state index in [1.165, 1.54) is 6.33 Å². The smallest absolute Gasteiger partial charge is 0.231 e. The number of hydrogen-bond acceptors (Lipinski definition) is 6. The van der Waals surface area contributed by atoms with Crippen LogP contribution in [0.25, 0.3) is 22.4 Å². The Hall–Kier alpha value is -3.54. The lowest BCUT2D eigenvalue weighted by Crippen LogP contribution is -1.94. The Bertz CT molecular complexity index is 1050. The molecule has 0 atom stereocenters. The highest BCUT2D eigenvalue weighted by atomic mass is 16.3. The van der Waals surface area contributed by atoms with Gasteiger partial charge in [-0.15, -0.1) is 0 Å². The normalized spacial score (nSPS) is 10.9. The molecule has 4 N–H and O–H groups in total. The molecule has 0 fully saturated rings. The summed E-state index contributed by atoms with van der Waals surface area (Å²) >= 11 is 0. The van der Waals surface area contributed by atoms with Crippen LogP contribution in [-0.4, -0.2) is 15.1 Å². The number of hydrogen-bond donors (Lipinski definition) is 3. The molecule has 2 aromatic heterocycles. The first-order chi connectivity index (χ1) is 12.1. The number of phenolic OH excluding ortho intramolecular Hbond substituents is 1. The summed E-state index contributed by atoms with van der Waals surface area (Å²) in [6.07, 6.45) is 1.44. The number of aryl methyl sites for hydroxylation is 1. The van der Waals surface area contributed by atoms with Crippen molar-refractivity contribution in [2.24, 2.45) is 0 Å². The van der Waals surface area contributed by atoms with Crippen LogP contribution in [0.1, 0.15) is 5.56 Å². The van der Waals surface area contributed by atoms with Gasteiger partial charge in [0.25, 0.3) is 0 Å². The third kappa shape index (κ3) is 2.85. The third-order valence-corrected chi connectivity index (χ3v) is 4.00. The lowest BCUT2D eigenvalue weighted by Gasteiger charge is -2.07. The summed E-state index contributed by atoms with van der Waals surface area (Å²) in [6.45, 7) is 1.84. The Morgan fingerprint density at radius 1 is 1.04 bits per heavy atom. The van der Waals surface area contributed by atoms with Crippen molar-refractivity contribution in [3.05, 3.63) is 60.4 Å². The molecule has 0 unspecified atom stereocenters. The van der Waals surface area contributed by atoms with Crippen molar-refractivity contribution in [1.82, 2.24) is 9.97 Å². The molecule has 6 heteroatoms. The number of phenols is 1. The van der Waals surface area contributed by atoms with E-state index in [-0.39, 0.29) is 5.75 Å². The number of nitrogens with one attached hydrogen (secondary N) is 1. The van der Waals surface area contributed by atoms with Crippen LogP contribution in [0.2, 0.25) is 0 Å². The van der Waals surface area contributed by atoms with Gasteiger partial charge in [-0.1, -0.05) is 6.07 Å². The number of anilines is 3. The van der Waals surface area contributed by atoms with E-state index in [1.54, 1.807) is 6.07 Å². The molecule has 0 aliphatic rings. The molecular weight excluding hydrogens is 316 g/mol. The summed E-state index contributed by atoms with van der Waals surface area (Å²) < 4.78 is 5.83. The molecule has 2 aromatic carbocycles. The average Bonchev–Trinajstić information content (AvgIpc) is 3.04. The number of aromatic hydroxyl groups is 1. The van der Waals surface area contributed by atoms with E-state index in [2.05, 4.69) is 15.3 Å². The maximum absolute atomic E-state index is 9.87. The van der Waals surface area contributed by atoms with E-state index in [4.69, 9.17) is 10.2 Å². The summed E-state index contributed by atoms with van der Waals surface area (Å²) in [4.78, 5) is 8.48. The van der Waals surface area contributed by atoms with Crippen LogP contribution < -0.4 is 11.1 Å². The second-order valence-corrected chi connectivity index (χ2v) is 5.80. The van der Waals surface area contributed by atoms with Gasteiger partial charge in [0.05, 0.1) is 5.39 Å². The maximum atomic E-state index is 9.87. The zero-order valence-corrected chi connectivity index (χ0v) is 13.5. The molecule has 25 heavy (non-hydrogen) atoms. The molecule has 0 saturated heterocycles. The minimum absolute atomic E-state index is 0.227. The molecule has 0 spiro atoms. The van der Waals surface area contributed by atoms with Crippen LogP contribution in [0.4, 0.5) is 17.2 Å². The van der Waals surface area contributed by atoms with Crippen LogP contribution in [0.15, 0.2) is 59.3 Å². The number of nitrogen functional groups attached to an aromatic ring is 1. The number of furan rings is 1. The average molecular weight is 332 g/mol. The fourth-order valence-corrected chi connectivity index (χ4v) is 2.57. The van der Waals surface area contributed by atoms with Crippen LogP contribution in [0.5, 0.6) is 5.75 Å². The van der Waals surface area contributed by atoms with Crippen molar-refractivity contribution >= 4 is 28.3 Å². The van der Waals surface area contributed by atoms with Gasteiger partial charge in [-0.3, -0.25) is 0 Å². The van der Waals surface area contributed by atoms with Crippen molar-refractivity contribution in [3.63, 3.8) is 0 Å². The molecule has 124 valence electrons. The van der Waals surface area contributed by atoms with Gasteiger partial charge in [-0.05, 0) is 48.9 Å². The summed E-state index contributed by atoms with van der Waals surface area (Å²) in [5.74, 6) is 1.52. The Kier molecular flexibility index (Phi) is 3.50. The molecule has 4 rings (SSSR count). The number of nitrogens with zero attached hydrogens (tertiary/aromatic N) is 2. The molecule has 0 aliphatic heterocycles. The monoisotopic (exact) mass is 332 g/mol. The van der Waals surface area contributed by atoms with Crippen molar-refractivity contribution < 1.29 is 9.52 Å². The predicted molar refractivity (Wildman–Crippen MR) is 97.8 cm³/mol. The molecule has 4 aromatic rings. The lowest BCUT2D eigenvalue weighted by molar-refractivity contribution is 0.471. The van der Waals surface area contributed by atoms with Crippen LogP contribution in [-0.2, 0) is 0 Å². The number of fused-ring (bicyclic) bond motifs is 1. The van der Waals surface area contributed by atoms with E-state index in [9.17, 15) is 5.11 Å². The first-order valence-corrected chi connectivity index (χ1v) is 7.77. The quantitative estimate of drug-likeness (QED) is 0.486. The molecule has 0 bridgehead atoms. The van der Waals surface area contributed by atoms with Crippen molar-refractivity contribution in [3.8, 4) is 17.1 Å². The van der Waals surface area contributed by atoms with Crippen LogP contribution in [0, 0.1) is 6.92 Å². The van der Waals surface area contributed by atoms with Gasteiger partial charge in [0.1, 0.15) is 23.7 Å². The second-order valence-electron chi connectivity index (χ2n) is 5.80. The Morgan fingerprint density at radius 3 is 2.60 bits per heavy atom. The maximum Gasteiger partial charge on any atom is 0.231 e. The van der Waals surface area contributed by atoms with Crippen molar-refractivity contribution in [2.75, 3.05) is 11.1 Å². The number of nitrogens with two attached hydrogens (primary N) is 1. The standard InChI is InChI=1S/C19H16N4O2/c1-11-2-7-14(8-16(11)24)23-18-15-9-17(25-19(15)22-10-21-18)12-3-5-13(20)6-4-12/h2-10,24H,20H2,1H3,(H,21,22,23). The van der Waals surface area contributed by atoms with E-state index < -0.39 is 0 Å². The first-order valence-electron chi connectivity index (χ1n) is 7.77. The van der Waals surface area contributed by atoms with Crippen LogP contribution >= 0.6 is 0 Å². The molecular formula is C19H16N4O2. The molecule has 6 nitrogen and oxygen atoms in total. The van der Waals surface area contributed by atoms with Gasteiger partial charge < -0.3 is 20.6 Å². The van der Waals surface area contributed by atoms with Gasteiger partial charge in [0.2, 0.25) is 5.71 Å². The molecule has 0 radical (unpaired) electrons. The van der Waals surface area contributed by atoms with Crippen LogP contribution in [0.3, 0.4) is 0 Å². The van der Waals surface area contributed by atoms with Gasteiger partial charge >= 0.3 is 0 Å². The highest BCUT2D eigenvalue weighted by molar-refractivity contribution is 5.91. The zero-order chi connectivity index (χ0) is 17.4. The third-order valence-electron chi connectivity index (χ3n) is 4.00. The molecule has 0 aliphatic carbocycles. The molecule has 2 heterocycles. The van der Waals surface area contributed by atoms with E-state index in [0.29, 0.717) is 23.0 Å². The predicted octanol–water partition coefficient (Wildman–Crippen LogP) is 4.23. The van der Waals surface area contributed by atoms with Crippen molar-refractivity contribution in [1.29, 1.82) is 0 Å². The van der Waals surface area contributed by atoms with Gasteiger partial charge in [-0.25, -0.2) is 9.97 Å². The minimum Gasteiger partial charge on any atom is -0.508 e. The van der Waals surface area contributed by atoms with E-state index in [0.717, 1.165) is 22.2 Å². The van der Waals surface area contributed by atoms with Gasteiger partial charge in [0.15, 0.2) is 0 Å². The SMILES string of the molecule is Cc1ccc(Nc2ncnc3oc(-c4ccc(N)cc4)cc23)cc1O. The van der Waals surface area contributed by atoms with Gasteiger partial charge in [0, 0.05) is 23.0 Å². The fourth-order valence-electron chi connectivity index (χ4n) is 2.57. The minimum atomic E-state index is 0.227. The number of rotatable bonds is 3. The second kappa shape index (κ2) is 5.83. The summed E-state index contributed by atoms with van der Waals surface area (Å²) in [7, 11) is 0. The summed E-state index contributed by atoms with van der Waals surface area (Å²) in [5.41, 5.74) is 9.37. The highest BCUT2D eigenvalue weighted by Gasteiger charge is 2.12. The van der Waals surface area contributed by atoms with E-state index in [1.807, 2.05) is 49.4 Å². The highest BCUT2D eigenvalue weighted by Crippen LogP contribution is 2.32. The topological polar surface area (TPSA) is 97.2 Å². The first kappa shape index (κ1) is 15.0. The fraction of sp³-hybridized carbons (Fsp3) is 0.0526. The Labute approximate surface area is 144 Å². The zero-order valence-electron chi connectivity index (χ0n) is 13.5. The molecule has 0 amide bonds. The number of aromatic nitrogens is 2. The van der Waals surface area contributed by atoms with Gasteiger partial charge in [-0.2, -0.15) is 0 Å². The number of benzene rings is 2.